The third-order valence-electron chi connectivity index (χ3n) is 8.73. The minimum absolute atomic E-state index is 0.00856. The minimum Gasteiger partial charge on any atom is -0.493 e. The van der Waals surface area contributed by atoms with Gasteiger partial charge in [-0.1, -0.05) is 26.3 Å². The number of hydrogen-bond acceptors (Lipinski definition) is 7. The van der Waals surface area contributed by atoms with Crippen molar-refractivity contribution in [3.63, 3.8) is 0 Å². The van der Waals surface area contributed by atoms with Crippen LogP contribution in [0, 0.1) is 0 Å². The fourth-order valence-electron chi connectivity index (χ4n) is 6.17. The lowest BCUT2D eigenvalue weighted by Crippen LogP contribution is -2.47. The number of nitrogens with one attached hydrogen (secondary N) is 2. The predicted molar refractivity (Wildman–Crippen MR) is 179 cm³/mol. The van der Waals surface area contributed by atoms with E-state index in [0.29, 0.717) is 48.4 Å². The molecule has 1 atom stereocenters. The van der Waals surface area contributed by atoms with Crippen LogP contribution >= 0.6 is 11.3 Å². The second-order valence-corrected chi connectivity index (χ2v) is 12.7. The zero-order valence-corrected chi connectivity index (χ0v) is 27.5. The van der Waals surface area contributed by atoms with Crippen LogP contribution in [0.15, 0.2) is 47.8 Å². The van der Waals surface area contributed by atoms with Gasteiger partial charge in [0.1, 0.15) is 5.75 Å². The molecule has 2 aliphatic heterocycles. The molecule has 0 saturated carbocycles. The number of nitrogens with zero attached hydrogens (tertiary/aromatic N) is 3. The number of anilines is 1. The number of carbonyl (C=O) groups excluding carboxylic acids is 3. The third-order valence-corrected chi connectivity index (χ3v) is 9.49. The fourth-order valence-corrected chi connectivity index (χ4v) is 6.87. The average molecular weight is 632 g/mol. The Kier molecular flexibility index (Phi) is 11.2. The highest BCUT2D eigenvalue weighted by atomic mass is 32.1. The average Bonchev–Trinajstić information content (AvgIpc) is 3.74. The molecule has 2 fully saturated rings. The molecule has 10 heteroatoms. The summed E-state index contributed by atoms with van der Waals surface area (Å²) < 4.78 is 5.86. The van der Waals surface area contributed by atoms with Crippen LogP contribution in [-0.2, 0) is 11.2 Å². The van der Waals surface area contributed by atoms with Crippen molar-refractivity contribution < 1.29 is 19.1 Å². The highest BCUT2D eigenvalue weighted by Crippen LogP contribution is 2.34. The van der Waals surface area contributed by atoms with E-state index in [0.717, 1.165) is 68.6 Å². The Morgan fingerprint density at radius 2 is 1.73 bits per heavy atom. The van der Waals surface area contributed by atoms with Gasteiger partial charge in [0, 0.05) is 66.8 Å². The fraction of sp³-hybridized carbons (Fsp3) is 0.486. The summed E-state index contributed by atoms with van der Waals surface area (Å²) in [6, 6.07) is 13.8. The molecule has 0 spiro atoms. The number of piperidine rings is 1. The highest BCUT2D eigenvalue weighted by molar-refractivity contribution is 7.14. The lowest BCUT2D eigenvalue weighted by Gasteiger charge is -2.36. The quantitative estimate of drug-likeness (QED) is 0.254. The summed E-state index contributed by atoms with van der Waals surface area (Å²) >= 11 is 1.38. The van der Waals surface area contributed by atoms with E-state index < -0.39 is 0 Å². The zero-order chi connectivity index (χ0) is 31.8. The summed E-state index contributed by atoms with van der Waals surface area (Å²) in [6.45, 7) is 9.86. The van der Waals surface area contributed by atoms with Crippen molar-refractivity contribution in [2.24, 2.45) is 0 Å². The second-order valence-electron chi connectivity index (χ2n) is 11.9. The van der Waals surface area contributed by atoms with Gasteiger partial charge < -0.3 is 15.0 Å². The lowest BCUT2D eigenvalue weighted by molar-refractivity contribution is -0.121. The number of likely N-dealkylation sites (tertiary alicyclic amines) is 2. The molecule has 2 aliphatic rings. The van der Waals surface area contributed by atoms with Gasteiger partial charge in [0.25, 0.3) is 11.8 Å². The standard InChI is InChI=1S/C35H45N5O4S/c1-4-7-8-24-9-14-31(44-6-3)29(21-24)30-23-45-35(37-30)38-33(42)25-10-12-26(13-11-25)34(43)39-19-16-28(17-20-39)40-18-15-27(22-40)36-32(41)5-2/h9-14,21,23,27-28H,4-8,15-20,22H2,1-3H3,(H,36,41)(H,37,38,42). The molecule has 240 valence electrons. The Morgan fingerprint density at radius 3 is 2.44 bits per heavy atom. The summed E-state index contributed by atoms with van der Waals surface area (Å²) in [7, 11) is 0. The molecular weight excluding hydrogens is 586 g/mol. The highest BCUT2D eigenvalue weighted by Gasteiger charge is 2.32. The van der Waals surface area contributed by atoms with Crippen molar-refractivity contribution in [1.82, 2.24) is 20.1 Å². The van der Waals surface area contributed by atoms with Crippen molar-refractivity contribution in [2.45, 2.75) is 77.8 Å². The van der Waals surface area contributed by atoms with Gasteiger partial charge in [-0.05, 0) is 81.0 Å². The van der Waals surface area contributed by atoms with Gasteiger partial charge in [-0.15, -0.1) is 11.3 Å². The first-order valence-electron chi connectivity index (χ1n) is 16.3. The van der Waals surface area contributed by atoms with Gasteiger partial charge >= 0.3 is 0 Å². The van der Waals surface area contributed by atoms with E-state index in [1.807, 2.05) is 30.2 Å². The summed E-state index contributed by atoms with van der Waals surface area (Å²) in [5.41, 5.74) is 3.99. The number of thiazole rings is 1. The summed E-state index contributed by atoms with van der Waals surface area (Å²) in [5.74, 6) is 0.619. The number of carbonyl (C=O) groups is 3. The normalized spacial score (nSPS) is 17.3. The molecule has 9 nitrogen and oxygen atoms in total. The van der Waals surface area contributed by atoms with Crippen molar-refractivity contribution in [1.29, 1.82) is 0 Å². The summed E-state index contributed by atoms with van der Waals surface area (Å²) in [5, 5.41) is 8.48. The van der Waals surface area contributed by atoms with Crippen molar-refractivity contribution in [2.75, 3.05) is 38.1 Å². The largest absolute Gasteiger partial charge is 0.493 e. The van der Waals surface area contributed by atoms with Gasteiger partial charge in [0.2, 0.25) is 5.91 Å². The van der Waals surface area contributed by atoms with Crippen LogP contribution in [0.2, 0.25) is 0 Å². The van der Waals surface area contributed by atoms with Crippen LogP contribution in [0.5, 0.6) is 5.75 Å². The maximum absolute atomic E-state index is 13.2. The number of benzene rings is 2. The Labute approximate surface area is 270 Å². The first kappa shape index (κ1) is 32.6. The van der Waals surface area contributed by atoms with E-state index in [2.05, 4.69) is 34.6 Å². The number of rotatable bonds is 12. The molecule has 2 aromatic carbocycles. The van der Waals surface area contributed by atoms with Crippen LogP contribution in [0.25, 0.3) is 11.3 Å². The lowest BCUT2D eigenvalue weighted by atomic mass is 10.0. The van der Waals surface area contributed by atoms with Gasteiger partial charge in [0.05, 0.1) is 12.3 Å². The molecule has 3 aromatic rings. The van der Waals surface area contributed by atoms with E-state index >= 15 is 0 Å². The molecule has 5 rings (SSSR count). The molecular formula is C35H45N5O4S. The Morgan fingerprint density at radius 1 is 0.978 bits per heavy atom. The van der Waals surface area contributed by atoms with Crippen molar-refractivity contribution >= 4 is 34.2 Å². The van der Waals surface area contributed by atoms with E-state index in [1.165, 1.54) is 16.9 Å². The number of ether oxygens (including phenoxy) is 1. The van der Waals surface area contributed by atoms with Crippen molar-refractivity contribution in [3.05, 3.63) is 64.5 Å². The number of aromatic nitrogens is 1. The number of hydrogen-bond donors (Lipinski definition) is 2. The molecule has 1 unspecified atom stereocenters. The molecule has 0 aliphatic carbocycles. The molecule has 0 radical (unpaired) electrons. The molecule has 0 bridgehead atoms. The second kappa shape index (κ2) is 15.5. The van der Waals surface area contributed by atoms with Crippen LogP contribution in [-0.4, -0.2) is 77.4 Å². The van der Waals surface area contributed by atoms with Gasteiger partial charge in [-0.2, -0.15) is 0 Å². The van der Waals surface area contributed by atoms with E-state index in [4.69, 9.17) is 9.72 Å². The van der Waals surface area contributed by atoms with E-state index in [-0.39, 0.29) is 23.8 Å². The monoisotopic (exact) mass is 631 g/mol. The smallest absolute Gasteiger partial charge is 0.257 e. The first-order chi connectivity index (χ1) is 21.9. The van der Waals surface area contributed by atoms with Crippen LogP contribution in [0.3, 0.4) is 0 Å². The van der Waals surface area contributed by atoms with Gasteiger partial charge in [-0.25, -0.2) is 4.98 Å². The molecule has 45 heavy (non-hydrogen) atoms. The Balaban J connectivity index is 1.14. The Bertz CT molecular complexity index is 1460. The first-order valence-corrected chi connectivity index (χ1v) is 17.2. The molecule has 2 saturated heterocycles. The molecule has 3 heterocycles. The van der Waals surface area contributed by atoms with E-state index in [9.17, 15) is 14.4 Å². The van der Waals surface area contributed by atoms with Gasteiger partial charge in [0.15, 0.2) is 5.13 Å². The van der Waals surface area contributed by atoms with Crippen LogP contribution in [0.4, 0.5) is 5.13 Å². The number of amides is 3. The van der Waals surface area contributed by atoms with Gasteiger partial charge in [-0.3, -0.25) is 24.6 Å². The van der Waals surface area contributed by atoms with Crippen molar-refractivity contribution in [3.8, 4) is 17.0 Å². The van der Waals surface area contributed by atoms with Crippen LogP contribution in [0.1, 0.15) is 85.6 Å². The molecule has 2 N–H and O–H groups in total. The number of aryl methyl sites for hydroxylation is 1. The predicted octanol–water partition coefficient (Wildman–Crippen LogP) is 6.01. The third kappa shape index (κ3) is 8.29. The van der Waals surface area contributed by atoms with Crippen LogP contribution < -0.4 is 15.4 Å². The maximum atomic E-state index is 13.2. The molecule has 3 amide bonds. The SMILES string of the molecule is CCCCc1ccc(OCC)c(-c2csc(NC(=O)c3ccc(C(=O)N4CCC(N5CCC(NC(=O)CC)C5)CC4)cc3)n2)c1. The Hall–Kier alpha value is -3.76. The maximum Gasteiger partial charge on any atom is 0.257 e. The molecule has 1 aromatic heterocycles. The number of unbranched alkanes of at least 4 members (excludes halogenated alkanes) is 1. The zero-order valence-electron chi connectivity index (χ0n) is 26.6. The van der Waals surface area contributed by atoms with E-state index in [1.54, 1.807) is 24.3 Å². The summed E-state index contributed by atoms with van der Waals surface area (Å²) in [4.78, 5) is 47.1. The topological polar surface area (TPSA) is 104 Å². The summed E-state index contributed by atoms with van der Waals surface area (Å²) in [6.07, 6.45) is 6.59. The minimum atomic E-state index is -0.267.